The van der Waals surface area contributed by atoms with E-state index >= 15 is 0 Å². The average molecular weight is 327 g/mol. The van der Waals surface area contributed by atoms with Gasteiger partial charge in [-0.05, 0) is 48.1 Å². The molecule has 2 aromatic heterocycles. The van der Waals surface area contributed by atoms with Crippen molar-refractivity contribution < 1.29 is 0 Å². The molecule has 0 spiro atoms. The van der Waals surface area contributed by atoms with Crippen molar-refractivity contribution in [2.75, 3.05) is 6.54 Å². The van der Waals surface area contributed by atoms with E-state index in [-0.39, 0.29) is 5.69 Å². The summed E-state index contributed by atoms with van der Waals surface area (Å²) in [7, 11) is 3.67. The van der Waals surface area contributed by atoms with Crippen LogP contribution in [0.5, 0.6) is 0 Å². The van der Waals surface area contributed by atoms with Crippen LogP contribution in [0.4, 0.5) is 0 Å². The van der Waals surface area contributed by atoms with E-state index in [2.05, 4.69) is 41.5 Å². The Labute approximate surface area is 139 Å². The van der Waals surface area contributed by atoms with Crippen LogP contribution >= 0.6 is 11.3 Å². The Morgan fingerprint density at radius 2 is 1.96 bits per heavy atom. The van der Waals surface area contributed by atoms with Crippen molar-refractivity contribution in [3.63, 3.8) is 0 Å². The zero-order valence-corrected chi connectivity index (χ0v) is 14.6. The van der Waals surface area contributed by atoms with Crippen molar-refractivity contribution in [2.24, 2.45) is 14.1 Å². The summed E-state index contributed by atoms with van der Waals surface area (Å²) in [4.78, 5) is 16.1. The minimum absolute atomic E-state index is 0.0337. The van der Waals surface area contributed by atoms with Gasteiger partial charge in [0.05, 0.1) is 11.0 Å². The molecule has 0 amide bonds. The van der Waals surface area contributed by atoms with Crippen LogP contribution in [0, 0.1) is 0 Å². The van der Waals surface area contributed by atoms with Gasteiger partial charge in [0.25, 0.3) is 0 Å². The molecule has 1 aliphatic rings. The molecule has 4 rings (SSSR count). The van der Waals surface area contributed by atoms with Gasteiger partial charge in [-0.25, -0.2) is 4.79 Å². The number of thiophene rings is 1. The number of nitrogens with zero attached hydrogens (tertiary/aromatic N) is 3. The number of aryl methyl sites for hydroxylation is 2. The van der Waals surface area contributed by atoms with Crippen molar-refractivity contribution in [1.82, 2.24) is 14.0 Å². The van der Waals surface area contributed by atoms with Crippen LogP contribution in [0.2, 0.25) is 0 Å². The fourth-order valence-corrected chi connectivity index (χ4v) is 4.63. The van der Waals surface area contributed by atoms with E-state index in [1.807, 2.05) is 25.4 Å². The van der Waals surface area contributed by atoms with E-state index in [1.165, 1.54) is 16.0 Å². The predicted molar refractivity (Wildman–Crippen MR) is 95.0 cm³/mol. The van der Waals surface area contributed by atoms with Crippen LogP contribution in [0.3, 0.4) is 0 Å². The Bertz CT molecular complexity index is 934. The lowest BCUT2D eigenvalue weighted by atomic mass is 10.0. The van der Waals surface area contributed by atoms with Crippen molar-refractivity contribution in [3.05, 3.63) is 56.1 Å². The largest absolute Gasteiger partial charge is 0.328 e. The van der Waals surface area contributed by atoms with Crippen molar-refractivity contribution in [2.45, 2.75) is 25.9 Å². The first kappa shape index (κ1) is 14.7. The fraction of sp³-hybridized carbons (Fsp3) is 0.389. The van der Waals surface area contributed by atoms with Crippen LogP contribution in [0.25, 0.3) is 11.0 Å². The average Bonchev–Trinajstić information content (AvgIpc) is 3.11. The number of hydrogen-bond donors (Lipinski definition) is 0. The van der Waals surface area contributed by atoms with Crippen LogP contribution in [0.15, 0.2) is 34.4 Å². The lowest BCUT2D eigenvalue weighted by molar-refractivity contribution is 0.191. The standard InChI is InChI=1S/C18H21N3OS/c1-12-14-7-9-23-17(14)6-8-21(12)11-13-4-5-15-16(10-13)20(3)18(22)19(15)2/h4-5,7,9-10,12H,6,8,11H2,1-3H3. The molecule has 0 bridgehead atoms. The molecular weight excluding hydrogens is 306 g/mol. The van der Waals surface area contributed by atoms with E-state index in [4.69, 9.17) is 0 Å². The molecule has 3 heterocycles. The zero-order chi connectivity index (χ0) is 16.1. The monoisotopic (exact) mass is 327 g/mol. The normalized spacial score (nSPS) is 18.5. The van der Waals surface area contributed by atoms with Gasteiger partial charge in [-0.3, -0.25) is 14.0 Å². The second-order valence-electron chi connectivity index (χ2n) is 6.42. The maximum absolute atomic E-state index is 12.1. The van der Waals surface area contributed by atoms with E-state index in [1.54, 1.807) is 9.13 Å². The van der Waals surface area contributed by atoms with E-state index in [0.717, 1.165) is 30.5 Å². The molecule has 23 heavy (non-hydrogen) atoms. The molecule has 1 aliphatic heterocycles. The molecule has 0 fully saturated rings. The highest BCUT2D eigenvalue weighted by Crippen LogP contribution is 2.33. The lowest BCUT2D eigenvalue weighted by Gasteiger charge is -2.33. The summed E-state index contributed by atoms with van der Waals surface area (Å²) in [6.45, 7) is 4.32. The number of benzene rings is 1. The molecule has 120 valence electrons. The predicted octanol–water partition coefficient (Wildman–Crippen LogP) is 3.06. The quantitative estimate of drug-likeness (QED) is 0.724. The highest BCUT2D eigenvalue weighted by atomic mass is 32.1. The molecule has 0 saturated heterocycles. The number of rotatable bonds is 2. The van der Waals surface area contributed by atoms with Crippen molar-refractivity contribution in [1.29, 1.82) is 0 Å². The minimum atomic E-state index is 0.0337. The molecule has 3 aromatic rings. The molecule has 0 saturated carbocycles. The van der Waals surface area contributed by atoms with Gasteiger partial charge in [-0.15, -0.1) is 11.3 Å². The summed E-state index contributed by atoms with van der Waals surface area (Å²) in [6.07, 6.45) is 1.14. The van der Waals surface area contributed by atoms with Gasteiger partial charge in [-0.2, -0.15) is 0 Å². The number of fused-ring (bicyclic) bond motifs is 2. The van der Waals surface area contributed by atoms with Crippen molar-refractivity contribution in [3.8, 4) is 0 Å². The number of hydrogen-bond acceptors (Lipinski definition) is 3. The van der Waals surface area contributed by atoms with Gasteiger partial charge >= 0.3 is 5.69 Å². The summed E-state index contributed by atoms with van der Waals surface area (Å²) < 4.78 is 3.44. The molecule has 4 nitrogen and oxygen atoms in total. The zero-order valence-electron chi connectivity index (χ0n) is 13.7. The third kappa shape index (κ3) is 2.26. The van der Waals surface area contributed by atoms with Crippen LogP contribution in [0.1, 0.15) is 29.0 Å². The smallest absolute Gasteiger partial charge is 0.295 e. The number of aromatic nitrogens is 2. The first-order chi connectivity index (χ1) is 11.1. The fourth-order valence-electron chi connectivity index (χ4n) is 3.66. The minimum Gasteiger partial charge on any atom is -0.295 e. The molecule has 1 unspecified atom stereocenters. The first-order valence-corrected chi connectivity index (χ1v) is 8.89. The Kier molecular flexibility index (Phi) is 3.43. The summed E-state index contributed by atoms with van der Waals surface area (Å²) in [5.74, 6) is 0. The summed E-state index contributed by atoms with van der Waals surface area (Å²) >= 11 is 1.88. The Hall–Kier alpha value is -1.85. The Morgan fingerprint density at radius 3 is 2.78 bits per heavy atom. The van der Waals surface area contributed by atoms with Crippen LogP contribution < -0.4 is 5.69 Å². The van der Waals surface area contributed by atoms with Crippen LogP contribution in [-0.2, 0) is 27.1 Å². The molecule has 0 N–H and O–H groups in total. The van der Waals surface area contributed by atoms with E-state index in [0.29, 0.717) is 6.04 Å². The SMILES string of the molecule is CC1c2ccsc2CCN1Cc1ccc2c(c1)n(C)c(=O)n2C. The van der Waals surface area contributed by atoms with Gasteiger partial charge < -0.3 is 0 Å². The first-order valence-electron chi connectivity index (χ1n) is 8.01. The summed E-state index contributed by atoms with van der Waals surface area (Å²) in [6, 6.07) is 9.10. The lowest BCUT2D eigenvalue weighted by Crippen LogP contribution is -2.32. The highest BCUT2D eigenvalue weighted by Gasteiger charge is 2.24. The van der Waals surface area contributed by atoms with Gasteiger partial charge in [-0.1, -0.05) is 6.07 Å². The topological polar surface area (TPSA) is 30.2 Å². The highest BCUT2D eigenvalue weighted by molar-refractivity contribution is 7.10. The molecule has 0 aliphatic carbocycles. The van der Waals surface area contributed by atoms with Crippen molar-refractivity contribution >= 4 is 22.4 Å². The summed E-state index contributed by atoms with van der Waals surface area (Å²) in [5.41, 5.74) is 4.79. The second kappa shape index (κ2) is 5.35. The van der Waals surface area contributed by atoms with Gasteiger partial charge in [0.2, 0.25) is 0 Å². The molecule has 5 heteroatoms. The van der Waals surface area contributed by atoms with E-state index in [9.17, 15) is 4.79 Å². The van der Waals surface area contributed by atoms with Gasteiger partial charge in [0.1, 0.15) is 0 Å². The van der Waals surface area contributed by atoms with Gasteiger partial charge in [0.15, 0.2) is 0 Å². The second-order valence-corrected chi connectivity index (χ2v) is 7.42. The maximum atomic E-state index is 12.1. The molecular formula is C18H21N3OS. The maximum Gasteiger partial charge on any atom is 0.328 e. The van der Waals surface area contributed by atoms with E-state index < -0.39 is 0 Å². The molecule has 0 radical (unpaired) electrons. The third-order valence-electron chi connectivity index (χ3n) is 5.13. The van der Waals surface area contributed by atoms with Gasteiger partial charge in [0, 0.05) is 38.1 Å². The molecule has 1 atom stereocenters. The molecule has 1 aromatic carbocycles. The Balaban J connectivity index is 1.66. The third-order valence-corrected chi connectivity index (χ3v) is 6.12. The van der Waals surface area contributed by atoms with Crippen LogP contribution in [-0.4, -0.2) is 20.6 Å². The Morgan fingerprint density at radius 1 is 1.17 bits per heavy atom. The number of imidazole rings is 1. The summed E-state index contributed by atoms with van der Waals surface area (Å²) in [5, 5.41) is 2.20.